The van der Waals surface area contributed by atoms with Gasteiger partial charge in [-0.25, -0.2) is 8.78 Å². The van der Waals surface area contributed by atoms with Crippen molar-refractivity contribution in [2.45, 2.75) is 11.1 Å². The fourth-order valence-corrected chi connectivity index (χ4v) is 1.42. The topological polar surface area (TPSA) is 18.5 Å². The first-order chi connectivity index (χ1) is 7.43. The number of hydrogen-bond acceptors (Lipinski definition) is 2. The number of hydrogen-bond donors (Lipinski definition) is 0. The molecule has 16 heavy (non-hydrogen) atoms. The lowest BCUT2D eigenvalue weighted by Gasteiger charge is -2.27. The van der Waals surface area contributed by atoms with Crippen LogP contribution in [0.3, 0.4) is 0 Å². The smallest absolute Gasteiger partial charge is 0.223 e. The van der Waals surface area contributed by atoms with E-state index in [2.05, 4.69) is 9.47 Å². The Hall–Kier alpha value is -0.880. The zero-order valence-electron chi connectivity index (χ0n) is 7.24. The third-order valence-electron chi connectivity index (χ3n) is 1.85. The van der Waals surface area contributed by atoms with E-state index in [1.54, 1.807) is 0 Å². The minimum atomic E-state index is -2.00. The lowest BCUT2D eigenvalue weighted by Crippen LogP contribution is -2.32. The summed E-state index contributed by atoms with van der Waals surface area (Å²) in [6.07, 6.45) is 0. The van der Waals surface area contributed by atoms with Crippen LogP contribution in [0.15, 0.2) is 0 Å². The third kappa shape index (κ3) is 1.56. The first-order valence-corrected chi connectivity index (χ1v) is 4.78. The summed E-state index contributed by atoms with van der Waals surface area (Å²) in [5.41, 5.74) is -2.68. The number of fused-ring (bicyclic) bond motifs is 1. The normalized spacial score (nSPS) is 23.4. The van der Waals surface area contributed by atoms with Crippen LogP contribution in [-0.4, -0.2) is 11.1 Å². The van der Waals surface area contributed by atoms with E-state index in [0.29, 0.717) is 0 Å². The zero-order chi connectivity index (χ0) is 12.0. The van der Waals surface area contributed by atoms with Crippen LogP contribution in [0.4, 0.5) is 17.6 Å². The van der Waals surface area contributed by atoms with Crippen molar-refractivity contribution >= 4 is 23.2 Å². The summed E-state index contributed by atoms with van der Waals surface area (Å²) in [6, 6.07) is 0. The minimum Gasteiger partial charge on any atom is -0.462 e. The van der Waals surface area contributed by atoms with Gasteiger partial charge in [0, 0.05) is 0 Å². The van der Waals surface area contributed by atoms with Crippen LogP contribution in [-0.2, 0) is 0 Å². The maximum absolute atomic E-state index is 13.1. The molecule has 1 aromatic rings. The van der Waals surface area contributed by atoms with E-state index in [0.717, 1.165) is 0 Å². The molecular weight excluding hydrogens is 275 g/mol. The SMILES string of the molecule is Fc1c(F)c(F)c2c(c1F)O[C@@H](Cl)[C@H](Cl)O2. The van der Waals surface area contributed by atoms with E-state index in [-0.39, 0.29) is 0 Å². The highest BCUT2D eigenvalue weighted by Crippen LogP contribution is 2.42. The molecule has 88 valence electrons. The van der Waals surface area contributed by atoms with Gasteiger partial charge in [0.25, 0.3) is 0 Å². The third-order valence-corrected chi connectivity index (χ3v) is 2.61. The molecule has 2 atom stereocenters. The lowest BCUT2D eigenvalue weighted by molar-refractivity contribution is 0.102. The van der Waals surface area contributed by atoms with Crippen molar-refractivity contribution in [3.8, 4) is 11.5 Å². The van der Waals surface area contributed by atoms with Gasteiger partial charge in [0.05, 0.1) is 0 Å². The maximum atomic E-state index is 13.1. The molecule has 8 heteroatoms. The van der Waals surface area contributed by atoms with Gasteiger partial charge in [-0.15, -0.1) is 0 Å². The average Bonchev–Trinajstić information content (AvgIpc) is 2.26. The highest BCUT2D eigenvalue weighted by atomic mass is 35.5. The van der Waals surface area contributed by atoms with E-state index in [1.807, 2.05) is 0 Å². The zero-order valence-corrected chi connectivity index (χ0v) is 8.75. The Bertz CT molecular complexity index is 413. The highest BCUT2D eigenvalue weighted by Gasteiger charge is 2.37. The summed E-state index contributed by atoms with van der Waals surface area (Å²) in [5.74, 6) is -9.32. The Labute approximate surface area is 96.7 Å². The fourth-order valence-electron chi connectivity index (χ4n) is 1.13. The molecule has 2 rings (SSSR count). The molecule has 1 aliphatic heterocycles. The Morgan fingerprint density at radius 3 is 1.31 bits per heavy atom. The molecule has 0 aromatic heterocycles. The molecule has 1 heterocycles. The van der Waals surface area contributed by atoms with E-state index in [1.165, 1.54) is 0 Å². The van der Waals surface area contributed by atoms with Crippen molar-refractivity contribution in [1.29, 1.82) is 0 Å². The molecule has 0 bridgehead atoms. The predicted molar refractivity (Wildman–Crippen MR) is 46.8 cm³/mol. The molecule has 0 unspecified atom stereocenters. The molecule has 1 aromatic carbocycles. The summed E-state index contributed by atoms with van der Waals surface area (Å²) in [5, 5.41) is 0. The van der Waals surface area contributed by atoms with Gasteiger partial charge in [-0.1, -0.05) is 23.2 Å². The van der Waals surface area contributed by atoms with Crippen molar-refractivity contribution in [3.05, 3.63) is 23.3 Å². The molecule has 0 spiro atoms. The molecule has 0 N–H and O–H groups in total. The quantitative estimate of drug-likeness (QED) is 0.314. The van der Waals surface area contributed by atoms with Gasteiger partial charge in [-0.05, 0) is 0 Å². The Kier molecular flexibility index (Phi) is 2.79. The van der Waals surface area contributed by atoms with Crippen molar-refractivity contribution in [2.75, 3.05) is 0 Å². The molecule has 0 saturated carbocycles. The molecule has 0 saturated heterocycles. The van der Waals surface area contributed by atoms with Gasteiger partial charge < -0.3 is 9.47 Å². The molecule has 0 radical (unpaired) electrons. The van der Waals surface area contributed by atoms with Crippen LogP contribution >= 0.6 is 23.2 Å². The summed E-state index contributed by atoms with van der Waals surface area (Å²) >= 11 is 10.9. The summed E-state index contributed by atoms with van der Waals surface area (Å²) in [6.45, 7) is 0. The van der Waals surface area contributed by atoms with Gasteiger partial charge in [0.1, 0.15) is 0 Å². The monoisotopic (exact) mass is 276 g/mol. The van der Waals surface area contributed by atoms with Crippen molar-refractivity contribution in [1.82, 2.24) is 0 Å². The number of halogens is 6. The second kappa shape index (κ2) is 3.85. The van der Waals surface area contributed by atoms with Crippen LogP contribution in [0.1, 0.15) is 0 Å². The Morgan fingerprint density at radius 2 is 1.00 bits per heavy atom. The molecule has 0 aliphatic carbocycles. The van der Waals surface area contributed by atoms with Crippen molar-refractivity contribution in [2.24, 2.45) is 0 Å². The van der Waals surface area contributed by atoms with Crippen molar-refractivity contribution in [3.63, 3.8) is 0 Å². The van der Waals surface area contributed by atoms with Gasteiger partial charge >= 0.3 is 0 Å². The van der Waals surface area contributed by atoms with E-state index >= 15 is 0 Å². The van der Waals surface area contributed by atoms with Crippen LogP contribution in [0.5, 0.6) is 11.5 Å². The van der Waals surface area contributed by atoms with Crippen LogP contribution in [0.25, 0.3) is 0 Å². The largest absolute Gasteiger partial charge is 0.462 e. The first kappa shape index (κ1) is 11.6. The van der Waals surface area contributed by atoms with Gasteiger partial charge in [-0.2, -0.15) is 8.78 Å². The number of alkyl halides is 2. The van der Waals surface area contributed by atoms with Crippen LogP contribution in [0.2, 0.25) is 0 Å². The van der Waals surface area contributed by atoms with Gasteiger partial charge in [0.2, 0.25) is 45.9 Å². The van der Waals surface area contributed by atoms with Crippen LogP contribution in [0, 0.1) is 23.3 Å². The second-order valence-corrected chi connectivity index (χ2v) is 3.71. The first-order valence-electron chi connectivity index (χ1n) is 3.91. The Morgan fingerprint density at radius 1 is 0.688 bits per heavy atom. The predicted octanol–water partition coefficient (Wildman–Crippen LogP) is 3.14. The van der Waals surface area contributed by atoms with E-state index < -0.39 is 45.9 Å². The molecule has 1 aliphatic rings. The number of rotatable bonds is 0. The van der Waals surface area contributed by atoms with Crippen LogP contribution < -0.4 is 9.47 Å². The molecule has 0 amide bonds. The summed E-state index contributed by atoms with van der Waals surface area (Å²) in [7, 11) is 0. The fraction of sp³-hybridized carbons (Fsp3) is 0.250. The standard InChI is InChI=1S/C8H2Cl2F4O2/c9-7-8(10)16-6-4(14)2(12)1(11)3(13)5(6)15-7/h7-8H/t7-,8-/m1/s1. The minimum absolute atomic E-state index is 0.937. The number of ether oxygens (including phenoxy) is 2. The Balaban J connectivity index is 2.64. The average molecular weight is 277 g/mol. The van der Waals surface area contributed by atoms with Gasteiger partial charge in [0.15, 0.2) is 0 Å². The van der Waals surface area contributed by atoms with E-state index in [9.17, 15) is 17.6 Å². The maximum Gasteiger partial charge on any atom is 0.223 e. The highest BCUT2D eigenvalue weighted by molar-refractivity contribution is 6.29. The van der Waals surface area contributed by atoms with Gasteiger partial charge in [-0.3, -0.25) is 0 Å². The van der Waals surface area contributed by atoms with Crippen molar-refractivity contribution < 1.29 is 27.0 Å². The summed E-state index contributed by atoms with van der Waals surface area (Å²) < 4.78 is 61.0. The molecule has 0 fully saturated rings. The molecular formula is C8H2Cl2F4O2. The molecule has 2 nitrogen and oxygen atoms in total. The summed E-state index contributed by atoms with van der Waals surface area (Å²) in [4.78, 5) is 0. The second-order valence-electron chi connectivity index (χ2n) is 2.85. The van der Waals surface area contributed by atoms with E-state index in [4.69, 9.17) is 23.2 Å². The number of benzene rings is 1. The lowest BCUT2D eigenvalue weighted by atomic mass is 10.2.